The first kappa shape index (κ1) is 23.0. The molecule has 0 aliphatic carbocycles. The zero-order valence-corrected chi connectivity index (χ0v) is 20.2. The van der Waals surface area contributed by atoms with Crippen LogP contribution in [0.5, 0.6) is 0 Å². The summed E-state index contributed by atoms with van der Waals surface area (Å²) in [7, 11) is 0. The maximum Gasteiger partial charge on any atom is 0.277 e. The van der Waals surface area contributed by atoms with Gasteiger partial charge in [-0.15, -0.1) is 11.3 Å². The van der Waals surface area contributed by atoms with E-state index in [-0.39, 0.29) is 5.56 Å². The second-order valence-electron chi connectivity index (χ2n) is 8.41. The Hall–Kier alpha value is -4.72. The number of aryl methyl sites for hydroxylation is 1. The lowest BCUT2D eigenvalue weighted by Crippen LogP contribution is -2.23. The molecule has 2 aromatic heterocycles. The molecule has 36 heavy (non-hydrogen) atoms. The van der Waals surface area contributed by atoms with Gasteiger partial charge in [0.05, 0.1) is 29.1 Å². The molecule has 5 rings (SSSR count). The van der Waals surface area contributed by atoms with Crippen LogP contribution in [0.2, 0.25) is 0 Å². The molecule has 2 heterocycles. The highest BCUT2D eigenvalue weighted by Gasteiger charge is 2.33. The Labute approximate surface area is 212 Å². The molecule has 0 aliphatic heterocycles. The van der Waals surface area contributed by atoms with Crippen LogP contribution in [0.25, 0.3) is 27.6 Å². The molecule has 0 fully saturated rings. The van der Waals surface area contributed by atoms with Crippen molar-refractivity contribution in [3.05, 3.63) is 117 Å². The monoisotopic (exact) mass is 487 g/mol. The van der Waals surface area contributed by atoms with Crippen LogP contribution in [0.4, 0.5) is 0 Å². The van der Waals surface area contributed by atoms with E-state index < -0.39 is 11.8 Å². The van der Waals surface area contributed by atoms with Crippen molar-refractivity contribution in [3.63, 3.8) is 0 Å². The molecule has 0 aliphatic rings. The molecule has 0 saturated heterocycles. The molecule has 0 radical (unpaired) electrons. The van der Waals surface area contributed by atoms with Crippen LogP contribution >= 0.6 is 11.3 Å². The van der Waals surface area contributed by atoms with Gasteiger partial charge in [-0.25, -0.2) is 4.98 Å². The molecule has 1 N–H and O–H groups in total. The summed E-state index contributed by atoms with van der Waals surface area (Å²) in [5.74, 6) is -1.79. The molecule has 7 heteroatoms. The number of aromatic nitrogens is 3. The predicted octanol–water partition coefficient (Wildman–Crippen LogP) is 6.06. The van der Waals surface area contributed by atoms with E-state index in [0.29, 0.717) is 16.4 Å². The first-order valence-electron chi connectivity index (χ1n) is 11.4. The minimum atomic E-state index is -1.05. The van der Waals surface area contributed by atoms with E-state index in [9.17, 15) is 15.3 Å². The number of hydrogen-bond donors (Lipinski definition) is 1. The van der Waals surface area contributed by atoms with Crippen molar-refractivity contribution < 1.29 is 0 Å². The van der Waals surface area contributed by atoms with Crippen LogP contribution < -0.4 is 5.56 Å². The molecule has 0 spiro atoms. The normalized spacial score (nSPS) is 11.7. The highest BCUT2D eigenvalue weighted by molar-refractivity contribution is 7.12. The molecule has 174 valence electrons. The van der Waals surface area contributed by atoms with Crippen LogP contribution in [0.15, 0.2) is 95.1 Å². The zero-order valence-electron chi connectivity index (χ0n) is 19.4. The van der Waals surface area contributed by atoms with E-state index in [2.05, 4.69) is 17.2 Å². The second-order valence-corrected chi connectivity index (χ2v) is 9.25. The first-order valence-corrected chi connectivity index (χ1v) is 12.3. The lowest BCUT2D eigenvalue weighted by molar-refractivity contribution is 0.703. The maximum absolute atomic E-state index is 14.0. The van der Waals surface area contributed by atoms with Gasteiger partial charge in [-0.3, -0.25) is 9.89 Å². The fourth-order valence-corrected chi connectivity index (χ4v) is 5.08. The minimum Gasteiger partial charge on any atom is -0.288 e. The van der Waals surface area contributed by atoms with Crippen molar-refractivity contribution in [2.45, 2.75) is 12.8 Å². The molecule has 1 atom stereocenters. The van der Waals surface area contributed by atoms with Crippen LogP contribution in [-0.2, 0) is 0 Å². The number of thiazole rings is 1. The SMILES string of the molecule is Cc1ccc(-c2csc(-n3[nH]c(-c4ccccc4)c(C(c4ccccc4)C(C#N)C#N)c3=O)n2)cc1. The summed E-state index contributed by atoms with van der Waals surface area (Å²) in [5.41, 5.74) is 5.00. The fraction of sp³-hybridized carbons (Fsp3) is 0.103. The van der Waals surface area contributed by atoms with Gasteiger partial charge in [0.25, 0.3) is 5.56 Å². The third-order valence-electron chi connectivity index (χ3n) is 6.10. The summed E-state index contributed by atoms with van der Waals surface area (Å²) in [6.45, 7) is 2.03. The average Bonchev–Trinajstić information content (AvgIpc) is 3.53. The maximum atomic E-state index is 14.0. The minimum absolute atomic E-state index is 0.331. The van der Waals surface area contributed by atoms with E-state index in [1.807, 2.05) is 97.2 Å². The average molecular weight is 488 g/mol. The largest absolute Gasteiger partial charge is 0.288 e. The smallest absolute Gasteiger partial charge is 0.277 e. The van der Waals surface area contributed by atoms with Crippen LogP contribution in [0, 0.1) is 35.5 Å². The van der Waals surface area contributed by atoms with E-state index in [1.165, 1.54) is 16.0 Å². The predicted molar refractivity (Wildman–Crippen MR) is 141 cm³/mol. The van der Waals surface area contributed by atoms with E-state index in [0.717, 1.165) is 27.9 Å². The number of H-pyrrole nitrogens is 1. The molecule has 0 amide bonds. The Morgan fingerprint density at radius 3 is 2.17 bits per heavy atom. The van der Waals surface area contributed by atoms with Crippen LogP contribution in [0.1, 0.15) is 22.6 Å². The molecule has 5 aromatic rings. The summed E-state index contributed by atoms with van der Waals surface area (Å²) >= 11 is 1.35. The molecule has 0 bridgehead atoms. The second kappa shape index (κ2) is 9.87. The summed E-state index contributed by atoms with van der Waals surface area (Å²) in [5, 5.41) is 25.3. The Morgan fingerprint density at radius 1 is 0.889 bits per heavy atom. The molecular formula is C29H21N5OS. The standard InChI is InChI=1S/C29H21N5OS/c1-19-12-14-20(15-13-19)24-18-36-29(32-24)34-28(35)26(27(33-34)22-10-6-3-7-11-22)25(23(16-30)17-31)21-8-4-2-5-9-21/h2-15,18,23,25,33H,1H3. The van der Waals surface area contributed by atoms with Gasteiger partial charge in [-0.05, 0) is 18.1 Å². The third kappa shape index (κ3) is 4.24. The Morgan fingerprint density at radius 2 is 1.53 bits per heavy atom. The van der Waals surface area contributed by atoms with Crippen LogP contribution in [-0.4, -0.2) is 14.8 Å². The van der Waals surface area contributed by atoms with Gasteiger partial charge >= 0.3 is 0 Å². The number of hydrogen-bond acceptors (Lipinski definition) is 5. The van der Waals surface area contributed by atoms with Crippen molar-refractivity contribution in [1.29, 1.82) is 10.5 Å². The number of rotatable bonds is 6. The summed E-state index contributed by atoms with van der Waals surface area (Å²) in [6.07, 6.45) is 0. The zero-order chi connectivity index (χ0) is 25.1. The highest BCUT2D eigenvalue weighted by Crippen LogP contribution is 2.36. The van der Waals surface area contributed by atoms with Crippen molar-refractivity contribution in [2.75, 3.05) is 0 Å². The Kier molecular flexibility index (Phi) is 6.32. The molecular weight excluding hydrogens is 466 g/mol. The van der Waals surface area contributed by atoms with Crippen molar-refractivity contribution >= 4 is 11.3 Å². The van der Waals surface area contributed by atoms with Crippen LogP contribution in [0.3, 0.4) is 0 Å². The third-order valence-corrected chi connectivity index (χ3v) is 6.93. The van der Waals surface area contributed by atoms with Gasteiger partial charge < -0.3 is 0 Å². The summed E-state index contributed by atoms with van der Waals surface area (Å²) in [4.78, 5) is 18.7. The lowest BCUT2D eigenvalue weighted by Gasteiger charge is -2.17. The highest BCUT2D eigenvalue weighted by atomic mass is 32.1. The van der Waals surface area contributed by atoms with Gasteiger partial charge in [0.1, 0.15) is 5.92 Å². The molecule has 0 saturated carbocycles. The lowest BCUT2D eigenvalue weighted by atomic mass is 9.81. The van der Waals surface area contributed by atoms with E-state index in [4.69, 9.17) is 4.98 Å². The number of benzene rings is 3. The van der Waals surface area contributed by atoms with E-state index in [1.54, 1.807) is 0 Å². The van der Waals surface area contributed by atoms with Gasteiger partial charge in [-0.2, -0.15) is 15.2 Å². The number of nitrogens with zero attached hydrogens (tertiary/aromatic N) is 4. The van der Waals surface area contributed by atoms with Gasteiger partial charge in [0.15, 0.2) is 0 Å². The number of nitriles is 2. The van der Waals surface area contributed by atoms with Gasteiger partial charge in [-0.1, -0.05) is 90.5 Å². The summed E-state index contributed by atoms with van der Waals surface area (Å²) < 4.78 is 1.42. The Bertz CT molecular complexity index is 1620. The molecule has 6 nitrogen and oxygen atoms in total. The molecule has 1 unspecified atom stereocenters. The quantitative estimate of drug-likeness (QED) is 0.315. The van der Waals surface area contributed by atoms with Crippen molar-refractivity contribution in [3.8, 4) is 39.8 Å². The van der Waals surface area contributed by atoms with Gasteiger partial charge in [0.2, 0.25) is 5.13 Å². The van der Waals surface area contributed by atoms with Gasteiger partial charge in [0, 0.05) is 16.9 Å². The Balaban J connectivity index is 1.72. The first-order chi connectivity index (χ1) is 17.6. The molecule has 3 aromatic carbocycles. The summed E-state index contributed by atoms with van der Waals surface area (Å²) in [6, 6.07) is 31.0. The van der Waals surface area contributed by atoms with Crippen molar-refractivity contribution in [2.24, 2.45) is 5.92 Å². The topological polar surface area (TPSA) is 98.3 Å². The van der Waals surface area contributed by atoms with E-state index >= 15 is 0 Å². The number of nitrogens with one attached hydrogen (secondary N) is 1. The van der Waals surface area contributed by atoms with Crippen molar-refractivity contribution in [1.82, 2.24) is 14.8 Å². The number of aromatic amines is 1. The fourth-order valence-electron chi connectivity index (χ4n) is 4.29.